The molecule has 1 heterocycles. The molecule has 1 fully saturated rings. The molecule has 28 heavy (non-hydrogen) atoms. The average molecular weight is 377 g/mol. The van der Waals surface area contributed by atoms with Crippen LogP contribution in [0.15, 0.2) is 54.7 Å². The van der Waals surface area contributed by atoms with Crippen LogP contribution in [0.25, 0.3) is 10.9 Å². The second kappa shape index (κ2) is 7.46. The van der Waals surface area contributed by atoms with Crippen LogP contribution in [0, 0.1) is 10.1 Å². The summed E-state index contributed by atoms with van der Waals surface area (Å²) in [5.41, 5.74) is 2.57. The predicted octanol–water partition coefficient (Wildman–Crippen LogP) is 4.87. The monoisotopic (exact) mass is 377 g/mol. The molecule has 3 aromatic rings. The quantitative estimate of drug-likeness (QED) is 0.520. The standard InChI is InChI=1S/C22H23N3O3/c1-24(17-9-7-16(8-10-17)15-5-3-2-4-6-15)22(26)20-14-23-21-13-18(25(27)28)11-12-19(20)21/h2-6,11-14,16-17,23H,7-10H2,1H3. The number of hydrogen-bond donors (Lipinski definition) is 1. The van der Waals surface area contributed by atoms with E-state index < -0.39 is 4.92 Å². The van der Waals surface area contributed by atoms with E-state index in [-0.39, 0.29) is 17.6 Å². The van der Waals surface area contributed by atoms with Crippen molar-refractivity contribution in [2.24, 2.45) is 0 Å². The van der Waals surface area contributed by atoms with Crippen molar-refractivity contribution in [3.8, 4) is 0 Å². The van der Waals surface area contributed by atoms with Gasteiger partial charge in [0.2, 0.25) is 0 Å². The van der Waals surface area contributed by atoms with Gasteiger partial charge < -0.3 is 9.88 Å². The molecule has 0 unspecified atom stereocenters. The molecule has 144 valence electrons. The Bertz CT molecular complexity index is 1000. The van der Waals surface area contributed by atoms with Gasteiger partial charge in [0.15, 0.2) is 0 Å². The lowest BCUT2D eigenvalue weighted by Crippen LogP contribution is -2.39. The van der Waals surface area contributed by atoms with E-state index in [1.165, 1.54) is 17.7 Å². The Hall–Kier alpha value is -3.15. The van der Waals surface area contributed by atoms with Gasteiger partial charge in [-0.3, -0.25) is 14.9 Å². The van der Waals surface area contributed by atoms with E-state index in [1.807, 2.05) is 18.0 Å². The lowest BCUT2D eigenvalue weighted by Gasteiger charge is -2.35. The number of fused-ring (bicyclic) bond motifs is 1. The Balaban J connectivity index is 1.47. The molecule has 1 aromatic heterocycles. The number of rotatable bonds is 4. The predicted molar refractivity (Wildman–Crippen MR) is 108 cm³/mol. The third-order valence-electron chi connectivity index (χ3n) is 5.94. The van der Waals surface area contributed by atoms with Crippen molar-refractivity contribution in [3.63, 3.8) is 0 Å². The zero-order chi connectivity index (χ0) is 19.7. The number of carbonyl (C=O) groups excluding carboxylic acids is 1. The minimum absolute atomic E-state index is 0.0148. The topological polar surface area (TPSA) is 79.2 Å². The second-order valence-electron chi connectivity index (χ2n) is 7.52. The molecule has 1 aliphatic rings. The van der Waals surface area contributed by atoms with Crippen LogP contribution in [-0.4, -0.2) is 33.8 Å². The molecule has 0 radical (unpaired) electrons. The van der Waals surface area contributed by atoms with Crippen molar-refractivity contribution >= 4 is 22.5 Å². The number of hydrogen-bond acceptors (Lipinski definition) is 3. The first-order valence-electron chi connectivity index (χ1n) is 9.62. The third kappa shape index (κ3) is 3.38. The van der Waals surface area contributed by atoms with Gasteiger partial charge in [-0.2, -0.15) is 0 Å². The average Bonchev–Trinajstić information content (AvgIpc) is 3.16. The van der Waals surface area contributed by atoms with Crippen molar-refractivity contribution in [1.29, 1.82) is 0 Å². The van der Waals surface area contributed by atoms with Gasteiger partial charge >= 0.3 is 0 Å². The highest BCUT2D eigenvalue weighted by Crippen LogP contribution is 2.35. The Morgan fingerprint density at radius 3 is 2.50 bits per heavy atom. The molecule has 0 saturated heterocycles. The summed E-state index contributed by atoms with van der Waals surface area (Å²) in [6.07, 6.45) is 5.77. The minimum atomic E-state index is -0.431. The molecule has 1 N–H and O–H groups in total. The lowest BCUT2D eigenvalue weighted by atomic mass is 9.81. The van der Waals surface area contributed by atoms with Crippen LogP contribution in [-0.2, 0) is 0 Å². The molecule has 0 bridgehead atoms. The molecule has 0 atom stereocenters. The summed E-state index contributed by atoms with van der Waals surface area (Å²) in [6, 6.07) is 15.4. The molecule has 2 aromatic carbocycles. The Kier molecular flexibility index (Phi) is 4.86. The first kappa shape index (κ1) is 18.2. The number of aromatic amines is 1. The van der Waals surface area contributed by atoms with E-state index in [2.05, 4.69) is 29.2 Å². The highest BCUT2D eigenvalue weighted by atomic mass is 16.6. The van der Waals surface area contributed by atoms with E-state index in [4.69, 9.17) is 0 Å². The minimum Gasteiger partial charge on any atom is -0.360 e. The van der Waals surface area contributed by atoms with Crippen molar-refractivity contribution < 1.29 is 9.72 Å². The number of nitro groups is 1. The summed E-state index contributed by atoms with van der Waals surface area (Å²) in [5, 5.41) is 11.7. The summed E-state index contributed by atoms with van der Waals surface area (Å²) >= 11 is 0. The number of benzene rings is 2. The molecular formula is C22H23N3O3. The SMILES string of the molecule is CN(C(=O)c1c[nH]c2cc([N+](=O)[O-])ccc12)C1CCC(c2ccccc2)CC1. The van der Waals surface area contributed by atoms with Gasteiger partial charge in [0.25, 0.3) is 11.6 Å². The van der Waals surface area contributed by atoms with Crippen LogP contribution >= 0.6 is 0 Å². The fourth-order valence-corrected chi connectivity index (χ4v) is 4.28. The number of amides is 1. The van der Waals surface area contributed by atoms with Crippen LogP contribution in [0.1, 0.15) is 47.5 Å². The number of nitrogens with zero attached hydrogens (tertiary/aromatic N) is 2. The number of aromatic nitrogens is 1. The largest absolute Gasteiger partial charge is 0.360 e. The molecule has 0 aliphatic heterocycles. The molecule has 1 amide bonds. The van der Waals surface area contributed by atoms with Crippen molar-refractivity contribution in [2.75, 3.05) is 7.05 Å². The maximum Gasteiger partial charge on any atom is 0.271 e. The van der Waals surface area contributed by atoms with Gasteiger partial charge in [0.05, 0.1) is 16.0 Å². The van der Waals surface area contributed by atoms with Crippen LogP contribution in [0.2, 0.25) is 0 Å². The second-order valence-corrected chi connectivity index (χ2v) is 7.52. The Morgan fingerprint density at radius 2 is 1.82 bits per heavy atom. The maximum atomic E-state index is 13.1. The lowest BCUT2D eigenvalue weighted by molar-refractivity contribution is -0.384. The Labute approximate surface area is 163 Å². The summed E-state index contributed by atoms with van der Waals surface area (Å²) in [5.74, 6) is 0.526. The molecule has 1 aliphatic carbocycles. The highest BCUT2D eigenvalue weighted by Gasteiger charge is 2.28. The third-order valence-corrected chi connectivity index (χ3v) is 5.94. The van der Waals surface area contributed by atoms with Gasteiger partial charge in [-0.25, -0.2) is 0 Å². The number of non-ortho nitro benzene ring substituents is 1. The fourth-order valence-electron chi connectivity index (χ4n) is 4.28. The molecule has 0 spiro atoms. The van der Waals surface area contributed by atoms with E-state index in [1.54, 1.807) is 12.3 Å². The van der Waals surface area contributed by atoms with Crippen molar-refractivity contribution in [2.45, 2.75) is 37.6 Å². The van der Waals surface area contributed by atoms with E-state index in [9.17, 15) is 14.9 Å². The van der Waals surface area contributed by atoms with Crippen LogP contribution in [0.5, 0.6) is 0 Å². The highest BCUT2D eigenvalue weighted by molar-refractivity contribution is 6.07. The van der Waals surface area contributed by atoms with Gasteiger partial charge in [0.1, 0.15) is 0 Å². The normalized spacial score (nSPS) is 19.5. The zero-order valence-electron chi connectivity index (χ0n) is 15.8. The summed E-state index contributed by atoms with van der Waals surface area (Å²) in [4.78, 5) is 28.4. The van der Waals surface area contributed by atoms with E-state index in [0.717, 1.165) is 31.1 Å². The fraction of sp³-hybridized carbons (Fsp3) is 0.318. The number of nitrogens with one attached hydrogen (secondary N) is 1. The van der Waals surface area contributed by atoms with Crippen LogP contribution in [0.4, 0.5) is 5.69 Å². The van der Waals surface area contributed by atoms with Gasteiger partial charge in [-0.15, -0.1) is 0 Å². The zero-order valence-corrected chi connectivity index (χ0v) is 15.8. The van der Waals surface area contributed by atoms with E-state index >= 15 is 0 Å². The van der Waals surface area contributed by atoms with Crippen molar-refractivity contribution in [3.05, 3.63) is 76.0 Å². The van der Waals surface area contributed by atoms with Crippen LogP contribution < -0.4 is 0 Å². The first-order chi connectivity index (χ1) is 13.5. The summed E-state index contributed by atoms with van der Waals surface area (Å²) in [7, 11) is 1.86. The number of carbonyl (C=O) groups is 1. The summed E-state index contributed by atoms with van der Waals surface area (Å²) < 4.78 is 0. The number of nitro benzene ring substituents is 1. The van der Waals surface area contributed by atoms with E-state index in [0.29, 0.717) is 17.0 Å². The smallest absolute Gasteiger partial charge is 0.271 e. The number of H-pyrrole nitrogens is 1. The van der Waals surface area contributed by atoms with Gasteiger partial charge in [0, 0.05) is 36.8 Å². The Morgan fingerprint density at radius 1 is 1.11 bits per heavy atom. The molecular weight excluding hydrogens is 354 g/mol. The molecule has 1 saturated carbocycles. The molecule has 6 nitrogen and oxygen atoms in total. The summed E-state index contributed by atoms with van der Waals surface area (Å²) in [6.45, 7) is 0. The molecule has 6 heteroatoms. The van der Waals surface area contributed by atoms with Crippen molar-refractivity contribution in [1.82, 2.24) is 9.88 Å². The molecule has 4 rings (SSSR count). The van der Waals surface area contributed by atoms with Gasteiger partial charge in [-0.1, -0.05) is 30.3 Å². The van der Waals surface area contributed by atoms with Crippen LogP contribution in [0.3, 0.4) is 0 Å². The van der Waals surface area contributed by atoms with Gasteiger partial charge in [-0.05, 0) is 43.2 Å². The maximum absolute atomic E-state index is 13.1. The first-order valence-corrected chi connectivity index (χ1v) is 9.62.